The van der Waals surface area contributed by atoms with Crippen molar-refractivity contribution >= 4 is 144 Å². The Bertz CT molecular complexity index is 3340. The lowest BCUT2D eigenvalue weighted by Gasteiger charge is -2.19. The van der Waals surface area contributed by atoms with Crippen molar-refractivity contribution in [3.63, 3.8) is 0 Å². The molecule has 0 fully saturated rings. The van der Waals surface area contributed by atoms with E-state index in [1.807, 2.05) is 30.3 Å². The number of fused-ring (bicyclic) bond motifs is 10. The number of aromatic nitrogens is 1. The second-order valence-electron chi connectivity index (χ2n) is 15.5. The third-order valence-electron chi connectivity index (χ3n) is 12.3. The molecule has 0 unspecified atom stereocenters. The number of hydrogen-bond acceptors (Lipinski definition) is 3. The topological polar surface area (TPSA) is 55.9 Å². The summed E-state index contributed by atoms with van der Waals surface area (Å²) in [5.74, 6) is 0.715. The average molecular weight is 731 g/mol. The zero-order valence-corrected chi connectivity index (χ0v) is 33.4. The van der Waals surface area contributed by atoms with Gasteiger partial charge in [0.1, 0.15) is 61.6 Å². The second-order valence-corrected chi connectivity index (χ2v) is 15.5. The van der Waals surface area contributed by atoms with Crippen LogP contribution < -0.4 is 27.3 Å². The van der Waals surface area contributed by atoms with Crippen molar-refractivity contribution in [1.29, 1.82) is 0 Å². The number of aliphatic imine (C=N–C) groups is 2. The Labute approximate surface area is 335 Å². The molecule has 3 aromatic heterocycles. The van der Waals surface area contributed by atoms with Gasteiger partial charge >= 0.3 is 0 Å². The number of rotatable bonds is 5. The van der Waals surface area contributed by atoms with Crippen molar-refractivity contribution < 1.29 is 8.83 Å². The van der Waals surface area contributed by atoms with Crippen LogP contribution in [0.1, 0.15) is 29.2 Å². The van der Waals surface area contributed by atoms with E-state index in [9.17, 15) is 0 Å². The number of benzene rings is 7. The van der Waals surface area contributed by atoms with Gasteiger partial charge in [0.15, 0.2) is 5.84 Å². The Morgan fingerprint density at radius 2 is 1.23 bits per heavy atom. The minimum Gasteiger partial charge on any atom is -0.457 e. The van der Waals surface area contributed by atoms with Gasteiger partial charge in [0.25, 0.3) is 0 Å². The fourth-order valence-corrected chi connectivity index (χ4v) is 9.14. The Hall–Kier alpha value is -6.40. The van der Waals surface area contributed by atoms with Crippen molar-refractivity contribution in [2.75, 3.05) is 0 Å². The Balaban J connectivity index is 1.24. The van der Waals surface area contributed by atoms with Crippen molar-refractivity contribution in [3.8, 4) is 5.69 Å². The van der Waals surface area contributed by atoms with Crippen molar-refractivity contribution in [2.24, 2.45) is 9.98 Å². The van der Waals surface area contributed by atoms with Crippen LogP contribution in [-0.4, -0.2) is 55.3 Å². The van der Waals surface area contributed by atoms with E-state index in [2.05, 4.69) is 149 Å². The zero-order valence-electron chi connectivity index (χ0n) is 33.4. The van der Waals surface area contributed by atoms with E-state index in [0.29, 0.717) is 12.4 Å². The molecule has 0 aliphatic rings. The third-order valence-corrected chi connectivity index (χ3v) is 12.3. The molecule has 0 N–H and O–H groups in total. The van der Waals surface area contributed by atoms with E-state index >= 15 is 0 Å². The maximum Gasteiger partial charge on any atom is 0.155 e. The van der Waals surface area contributed by atoms with Crippen LogP contribution in [0.3, 0.4) is 0 Å². The van der Waals surface area contributed by atoms with E-state index in [4.69, 9.17) is 18.8 Å². The highest BCUT2D eigenvalue weighted by Gasteiger charge is 2.27. The van der Waals surface area contributed by atoms with Crippen molar-refractivity contribution in [3.05, 3.63) is 144 Å². The molecular formula is C47H38B5N3O2. The highest BCUT2D eigenvalue weighted by Crippen LogP contribution is 2.41. The number of furan rings is 2. The monoisotopic (exact) mass is 731 g/mol. The quantitative estimate of drug-likeness (QED) is 0.155. The maximum absolute atomic E-state index is 7.13. The van der Waals surface area contributed by atoms with Crippen LogP contribution >= 0.6 is 0 Å². The lowest BCUT2D eigenvalue weighted by molar-refractivity contribution is 0.673. The van der Waals surface area contributed by atoms with E-state index in [-0.39, 0.29) is 0 Å². The molecule has 0 aliphatic heterocycles. The molecule has 3 heterocycles. The number of amidine groups is 1. The Morgan fingerprint density at radius 1 is 0.561 bits per heavy atom. The molecule has 0 spiro atoms. The first kappa shape index (κ1) is 35.0. The van der Waals surface area contributed by atoms with Crippen molar-refractivity contribution in [1.82, 2.24) is 4.57 Å². The lowest BCUT2D eigenvalue weighted by atomic mass is 9.68. The van der Waals surface area contributed by atoms with Gasteiger partial charge in [-0.15, -0.1) is 0 Å². The Morgan fingerprint density at radius 3 is 2.00 bits per heavy atom. The van der Waals surface area contributed by atoms with Crippen LogP contribution in [-0.2, 0) is 6.54 Å². The smallest absolute Gasteiger partial charge is 0.155 e. The number of nitrogens with zero attached hydrogens (tertiary/aromatic N) is 3. The summed E-state index contributed by atoms with van der Waals surface area (Å²) < 4.78 is 16.2. The minimum atomic E-state index is 0.544. The summed E-state index contributed by atoms with van der Waals surface area (Å²) in [6.07, 6.45) is 0. The minimum absolute atomic E-state index is 0.544. The normalized spacial score (nSPS) is 12.7. The standard InChI is InChI=1S/C47H38B5N3O2/c1-24-34-37-35(25(2)54-47(27-15-7-4-8-16-27)53-23-26-13-5-3-6-14-26)39(49)40(50)41(51)46(37)57-45(34)42(52)43(38(24)48)55-31-19-11-9-18-30(31)36-32(55)22-21-29-28-17-10-12-20-33(28)56-44(29)36/h3-22H,23,48-52H2,1-2H3/b53-47-,54-25+. The fourth-order valence-electron chi connectivity index (χ4n) is 9.14. The summed E-state index contributed by atoms with van der Waals surface area (Å²) >= 11 is 0. The third kappa shape index (κ3) is 5.30. The van der Waals surface area contributed by atoms with Crippen LogP contribution in [0.15, 0.2) is 140 Å². The van der Waals surface area contributed by atoms with Crippen LogP contribution in [0.4, 0.5) is 0 Å². The largest absolute Gasteiger partial charge is 0.457 e. The predicted molar refractivity (Wildman–Crippen MR) is 256 cm³/mol. The average Bonchev–Trinajstić information content (AvgIpc) is 3.92. The van der Waals surface area contributed by atoms with E-state index in [1.54, 1.807) is 0 Å². The SMILES string of the molecule is Bc1c(B)c(/C(C)=N/C(=N\Cc2ccccc2)c2ccccc2)c2c(oc3c(B)c(-n4c5ccccc5c5c6oc7ccccc7c6ccc54)c(B)c(C)c32)c1B. The second kappa shape index (κ2) is 13.4. The molecule has 268 valence electrons. The van der Waals surface area contributed by atoms with Gasteiger partial charge in [0.05, 0.1) is 23.0 Å². The molecule has 0 bridgehead atoms. The molecular weight excluding hydrogens is 693 g/mol. The Kier molecular flexibility index (Phi) is 8.22. The summed E-state index contributed by atoms with van der Waals surface area (Å²) in [7, 11) is 11.1. The molecule has 7 aromatic carbocycles. The van der Waals surface area contributed by atoms with Crippen molar-refractivity contribution in [2.45, 2.75) is 20.4 Å². The molecule has 10 aromatic rings. The van der Waals surface area contributed by atoms with Gasteiger partial charge in [-0.2, -0.15) is 0 Å². The number of para-hydroxylation sites is 2. The van der Waals surface area contributed by atoms with E-state index in [0.717, 1.165) is 105 Å². The van der Waals surface area contributed by atoms with E-state index in [1.165, 1.54) is 22.0 Å². The molecule has 0 saturated carbocycles. The zero-order chi connectivity index (χ0) is 39.1. The molecule has 0 amide bonds. The summed E-state index contributed by atoms with van der Waals surface area (Å²) in [6, 6.07) is 42.1. The van der Waals surface area contributed by atoms with E-state index < -0.39 is 0 Å². The first-order valence-electron chi connectivity index (χ1n) is 19.7. The summed E-state index contributed by atoms with van der Waals surface area (Å²) in [5, 5.41) is 6.81. The van der Waals surface area contributed by atoms with Crippen LogP contribution in [0.25, 0.3) is 71.4 Å². The molecule has 0 atom stereocenters. The summed E-state index contributed by atoms with van der Waals surface area (Å²) in [4.78, 5) is 10.4. The molecule has 0 aliphatic carbocycles. The molecule has 0 saturated heterocycles. The van der Waals surface area contributed by atoms with Crippen LogP contribution in [0, 0.1) is 6.92 Å². The van der Waals surface area contributed by atoms with Crippen LogP contribution in [0.2, 0.25) is 0 Å². The molecule has 5 nitrogen and oxygen atoms in total. The maximum atomic E-state index is 7.13. The highest BCUT2D eigenvalue weighted by molar-refractivity contribution is 6.63. The van der Waals surface area contributed by atoms with Gasteiger partial charge in [-0.25, -0.2) is 4.99 Å². The fraction of sp³-hybridized carbons (Fsp3) is 0.0638. The van der Waals surface area contributed by atoms with Gasteiger partial charge in [-0.1, -0.05) is 119 Å². The van der Waals surface area contributed by atoms with Gasteiger partial charge in [0, 0.05) is 49.5 Å². The van der Waals surface area contributed by atoms with Gasteiger partial charge in [-0.05, 0) is 54.7 Å². The molecule has 57 heavy (non-hydrogen) atoms. The summed E-state index contributed by atoms with van der Waals surface area (Å²) in [5.41, 5.74) is 18.2. The van der Waals surface area contributed by atoms with Gasteiger partial charge < -0.3 is 13.4 Å². The number of hydrogen-bond donors (Lipinski definition) is 0. The molecule has 10 rings (SSSR count). The highest BCUT2D eigenvalue weighted by atomic mass is 16.3. The first-order chi connectivity index (χ1) is 27.7. The number of aryl methyl sites for hydroxylation is 1. The predicted octanol–water partition coefficient (Wildman–Crippen LogP) is 3.64. The van der Waals surface area contributed by atoms with Crippen LogP contribution in [0.5, 0.6) is 0 Å². The first-order valence-corrected chi connectivity index (χ1v) is 19.7. The molecule has 0 radical (unpaired) electrons. The van der Waals surface area contributed by atoms with Gasteiger partial charge in [0.2, 0.25) is 0 Å². The summed E-state index contributed by atoms with van der Waals surface area (Å²) in [6.45, 7) is 4.91. The van der Waals surface area contributed by atoms with Gasteiger partial charge in [-0.3, -0.25) is 4.99 Å². The lowest BCUT2D eigenvalue weighted by Crippen LogP contribution is -2.42. The molecule has 10 heteroatoms.